The van der Waals surface area contributed by atoms with Gasteiger partial charge in [-0.05, 0) is 60.9 Å². The van der Waals surface area contributed by atoms with Crippen molar-refractivity contribution < 1.29 is 22.0 Å². The lowest BCUT2D eigenvalue weighted by Gasteiger charge is -2.25. The second-order valence-corrected chi connectivity index (χ2v) is 8.30. The maximum atomic E-state index is 13.2. The number of sulfonamides is 1. The Morgan fingerprint density at radius 2 is 1.59 bits per heavy atom. The summed E-state index contributed by atoms with van der Waals surface area (Å²) in [7, 11) is -3.54. The highest BCUT2D eigenvalue weighted by molar-refractivity contribution is 7.89. The molecular formula is C20H19F2NO3S. The van der Waals surface area contributed by atoms with Gasteiger partial charge < -0.3 is 0 Å². The molecule has 1 aliphatic rings. The smallest absolute Gasteiger partial charge is 0.243 e. The van der Waals surface area contributed by atoms with Crippen molar-refractivity contribution >= 4 is 21.9 Å². The number of hydrogen-bond acceptors (Lipinski definition) is 3. The molecule has 0 aliphatic carbocycles. The average molecular weight is 391 g/mol. The number of rotatable bonds is 5. The molecule has 0 radical (unpaired) electrons. The van der Waals surface area contributed by atoms with Crippen molar-refractivity contribution in [1.82, 2.24) is 4.31 Å². The first-order valence-electron chi connectivity index (χ1n) is 8.65. The van der Waals surface area contributed by atoms with Gasteiger partial charge in [0.05, 0.1) is 4.90 Å². The summed E-state index contributed by atoms with van der Waals surface area (Å²) >= 11 is 0. The van der Waals surface area contributed by atoms with Crippen LogP contribution in [0.25, 0.3) is 6.08 Å². The van der Waals surface area contributed by atoms with E-state index in [2.05, 4.69) is 0 Å². The minimum absolute atomic E-state index is 0.158. The highest BCUT2D eigenvalue weighted by Gasteiger charge is 2.25. The summed E-state index contributed by atoms with van der Waals surface area (Å²) in [6.07, 6.45) is 5.35. The van der Waals surface area contributed by atoms with E-state index in [1.54, 1.807) is 0 Å². The highest BCUT2D eigenvalue weighted by atomic mass is 32.2. The zero-order chi connectivity index (χ0) is 19.4. The third-order valence-corrected chi connectivity index (χ3v) is 6.38. The molecule has 1 heterocycles. The Hall–Kier alpha value is -2.38. The van der Waals surface area contributed by atoms with Crippen molar-refractivity contribution in [3.63, 3.8) is 0 Å². The van der Waals surface area contributed by atoms with E-state index in [1.165, 1.54) is 46.8 Å². The first kappa shape index (κ1) is 19.4. The number of benzene rings is 2. The molecule has 0 aromatic heterocycles. The van der Waals surface area contributed by atoms with Gasteiger partial charge in [0, 0.05) is 18.7 Å². The SMILES string of the molecule is O=C(/C=C/c1ccc(F)c(F)c1)c1ccc(S(=O)(=O)N2CCCCC2)cc1. The van der Waals surface area contributed by atoms with Crippen molar-refractivity contribution in [3.05, 3.63) is 71.3 Å². The van der Waals surface area contributed by atoms with Crippen LogP contribution in [-0.4, -0.2) is 31.6 Å². The molecule has 7 heteroatoms. The first-order chi connectivity index (χ1) is 12.9. The van der Waals surface area contributed by atoms with Gasteiger partial charge in [-0.1, -0.05) is 18.6 Å². The summed E-state index contributed by atoms with van der Waals surface area (Å²) < 4.78 is 52.8. The van der Waals surface area contributed by atoms with Crippen LogP contribution in [0, 0.1) is 11.6 Å². The topological polar surface area (TPSA) is 54.5 Å². The molecule has 27 heavy (non-hydrogen) atoms. The number of halogens is 2. The van der Waals surface area contributed by atoms with Crippen molar-refractivity contribution in [2.45, 2.75) is 24.2 Å². The molecule has 3 rings (SSSR count). The van der Waals surface area contributed by atoms with Gasteiger partial charge in [-0.25, -0.2) is 17.2 Å². The van der Waals surface area contributed by atoms with Crippen LogP contribution in [0.1, 0.15) is 35.2 Å². The Kier molecular flexibility index (Phi) is 5.82. The largest absolute Gasteiger partial charge is 0.289 e. The number of carbonyl (C=O) groups excluding carboxylic acids is 1. The predicted octanol–water partition coefficient (Wildman–Crippen LogP) is 4.04. The third kappa shape index (κ3) is 4.48. The van der Waals surface area contributed by atoms with Gasteiger partial charge in [0.1, 0.15) is 0 Å². The summed E-state index contributed by atoms with van der Waals surface area (Å²) in [5.74, 6) is -2.30. The molecule has 1 fully saturated rings. The van der Waals surface area contributed by atoms with Crippen molar-refractivity contribution in [3.8, 4) is 0 Å². The maximum absolute atomic E-state index is 13.2. The molecule has 0 spiro atoms. The molecule has 2 aromatic carbocycles. The molecule has 0 bridgehead atoms. The van der Waals surface area contributed by atoms with Gasteiger partial charge >= 0.3 is 0 Å². The van der Waals surface area contributed by atoms with Crippen LogP contribution in [0.3, 0.4) is 0 Å². The maximum Gasteiger partial charge on any atom is 0.243 e. The normalized spacial score (nSPS) is 15.9. The first-order valence-corrected chi connectivity index (χ1v) is 10.1. The standard InChI is InChI=1S/C20H19F2NO3S/c21-18-10-4-15(14-19(18)22)5-11-20(24)16-6-8-17(9-7-16)27(25,26)23-12-2-1-3-13-23/h4-11,14H,1-3,12-13H2/b11-5+. The highest BCUT2D eigenvalue weighted by Crippen LogP contribution is 2.21. The van der Waals surface area contributed by atoms with Crippen LogP contribution in [0.15, 0.2) is 53.4 Å². The van der Waals surface area contributed by atoms with Crippen LogP contribution in [0.4, 0.5) is 8.78 Å². The minimum Gasteiger partial charge on any atom is -0.289 e. The number of allylic oxidation sites excluding steroid dienone is 1. The molecule has 1 saturated heterocycles. The number of hydrogen-bond donors (Lipinski definition) is 0. The van der Waals surface area contributed by atoms with Gasteiger partial charge in [0.2, 0.25) is 10.0 Å². The van der Waals surface area contributed by atoms with Crippen LogP contribution in [0.2, 0.25) is 0 Å². The molecule has 0 N–H and O–H groups in total. The number of piperidine rings is 1. The lowest BCUT2D eigenvalue weighted by molar-refractivity contribution is 0.104. The fraction of sp³-hybridized carbons (Fsp3) is 0.250. The van der Waals surface area contributed by atoms with E-state index in [4.69, 9.17) is 0 Å². The summed E-state index contributed by atoms with van der Waals surface area (Å²) in [6.45, 7) is 1.03. The Morgan fingerprint density at radius 1 is 0.926 bits per heavy atom. The van der Waals surface area contributed by atoms with Gasteiger partial charge in [0.15, 0.2) is 17.4 Å². The summed E-state index contributed by atoms with van der Waals surface area (Å²) in [5.41, 5.74) is 0.665. The quantitative estimate of drug-likeness (QED) is 0.571. The van der Waals surface area contributed by atoms with Crippen molar-refractivity contribution in [2.75, 3.05) is 13.1 Å². The molecule has 2 aromatic rings. The summed E-state index contributed by atoms with van der Waals surface area (Å²) in [6, 6.07) is 9.08. The lowest BCUT2D eigenvalue weighted by atomic mass is 10.1. The minimum atomic E-state index is -3.54. The van der Waals surface area contributed by atoms with E-state index < -0.39 is 21.7 Å². The number of carbonyl (C=O) groups is 1. The van der Waals surface area contributed by atoms with Crippen molar-refractivity contribution in [1.29, 1.82) is 0 Å². The van der Waals surface area contributed by atoms with E-state index in [0.29, 0.717) is 24.2 Å². The van der Waals surface area contributed by atoms with Crippen LogP contribution >= 0.6 is 0 Å². The summed E-state index contributed by atoms with van der Waals surface area (Å²) in [4.78, 5) is 12.4. The van der Waals surface area contributed by atoms with Crippen LogP contribution in [0.5, 0.6) is 0 Å². The Morgan fingerprint density at radius 3 is 2.22 bits per heavy atom. The molecular weight excluding hydrogens is 372 g/mol. The van der Waals surface area contributed by atoms with E-state index in [1.807, 2.05) is 0 Å². The van der Waals surface area contributed by atoms with E-state index in [0.717, 1.165) is 31.4 Å². The molecule has 0 unspecified atom stereocenters. The Balaban J connectivity index is 1.73. The molecule has 0 atom stereocenters. The fourth-order valence-electron chi connectivity index (χ4n) is 2.93. The van der Waals surface area contributed by atoms with Gasteiger partial charge in [-0.15, -0.1) is 0 Å². The zero-order valence-corrected chi connectivity index (χ0v) is 15.4. The van der Waals surface area contributed by atoms with Crippen molar-refractivity contribution in [2.24, 2.45) is 0 Å². The van der Waals surface area contributed by atoms with E-state index in [9.17, 15) is 22.0 Å². The second-order valence-electron chi connectivity index (χ2n) is 6.36. The monoisotopic (exact) mass is 391 g/mol. The van der Waals surface area contributed by atoms with Gasteiger partial charge in [0.25, 0.3) is 0 Å². The Bertz CT molecular complexity index is 963. The molecule has 1 aliphatic heterocycles. The van der Waals surface area contributed by atoms with E-state index in [-0.39, 0.29) is 10.7 Å². The fourth-order valence-corrected chi connectivity index (χ4v) is 4.45. The van der Waals surface area contributed by atoms with Gasteiger partial charge in [-0.3, -0.25) is 4.79 Å². The number of nitrogens with zero attached hydrogens (tertiary/aromatic N) is 1. The molecule has 142 valence electrons. The Labute approximate surface area is 157 Å². The van der Waals surface area contributed by atoms with Crippen LogP contribution < -0.4 is 0 Å². The third-order valence-electron chi connectivity index (χ3n) is 4.46. The zero-order valence-electron chi connectivity index (χ0n) is 14.6. The second kappa shape index (κ2) is 8.10. The molecule has 0 saturated carbocycles. The van der Waals surface area contributed by atoms with Gasteiger partial charge in [-0.2, -0.15) is 4.31 Å². The molecule has 0 amide bonds. The molecule has 4 nitrogen and oxygen atoms in total. The average Bonchev–Trinajstić information content (AvgIpc) is 2.69. The predicted molar refractivity (Wildman–Crippen MR) is 98.8 cm³/mol. The lowest BCUT2D eigenvalue weighted by Crippen LogP contribution is -2.35. The summed E-state index contributed by atoms with van der Waals surface area (Å²) in [5, 5.41) is 0. The number of ketones is 1. The van der Waals surface area contributed by atoms with E-state index >= 15 is 0 Å². The van der Waals surface area contributed by atoms with Crippen LogP contribution in [-0.2, 0) is 10.0 Å².